The van der Waals surface area contributed by atoms with E-state index in [2.05, 4.69) is 23.8 Å². The van der Waals surface area contributed by atoms with E-state index in [9.17, 15) is 0 Å². The van der Waals surface area contributed by atoms with Crippen LogP contribution in [-0.4, -0.2) is 34.3 Å². The van der Waals surface area contributed by atoms with Crippen molar-refractivity contribution in [2.24, 2.45) is 0 Å². The molecule has 3 N–H and O–H groups in total. The zero-order valence-corrected chi connectivity index (χ0v) is 9.22. The van der Waals surface area contributed by atoms with Crippen LogP contribution in [0.15, 0.2) is 12.4 Å². The average Bonchev–Trinajstić information content (AvgIpc) is 2.20. The highest BCUT2D eigenvalue weighted by atomic mass is 16.3. The van der Waals surface area contributed by atoms with E-state index in [0.29, 0.717) is 18.1 Å². The summed E-state index contributed by atoms with van der Waals surface area (Å²) in [6.07, 6.45) is 3.90. The van der Waals surface area contributed by atoms with Gasteiger partial charge in [-0.05, 0) is 20.3 Å². The van der Waals surface area contributed by atoms with Crippen LogP contribution in [0, 0.1) is 0 Å². The fourth-order valence-electron chi connectivity index (χ4n) is 1.41. The molecule has 0 aliphatic rings. The lowest BCUT2D eigenvalue weighted by Crippen LogP contribution is -2.33. The van der Waals surface area contributed by atoms with Crippen LogP contribution in [-0.2, 0) is 0 Å². The topological polar surface area (TPSA) is 75.3 Å². The molecule has 0 saturated carbocycles. The summed E-state index contributed by atoms with van der Waals surface area (Å²) in [5.41, 5.74) is 5.75. The van der Waals surface area contributed by atoms with Gasteiger partial charge in [0.25, 0.3) is 0 Å². The normalized spacial score (nSPS) is 10.7. The summed E-state index contributed by atoms with van der Waals surface area (Å²) in [4.78, 5) is 10.3. The van der Waals surface area contributed by atoms with Gasteiger partial charge in [-0.3, -0.25) is 0 Å². The first-order valence-corrected chi connectivity index (χ1v) is 5.10. The second kappa shape index (κ2) is 5.50. The van der Waals surface area contributed by atoms with E-state index >= 15 is 0 Å². The first-order chi connectivity index (χ1) is 7.16. The maximum Gasteiger partial charge on any atom is 0.171 e. The molecule has 0 aliphatic heterocycles. The summed E-state index contributed by atoms with van der Waals surface area (Å²) in [6.45, 7) is 5.03. The zero-order valence-electron chi connectivity index (χ0n) is 9.22. The van der Waals surface area contributed by atoms with Crippen LogP contribution in [0.5, 0.6) is 0 Å². The molecular formula is C10H18N4O. The van der Waals surface area contributed by atoms with Crippen LogP contribution in [0.1, 0.15) is 20.3 Å². The number of aliphatic hydroxyl groups excluding tert-OH is 1. The van der Waals surface area contributed by atoms with Crippen LogP contribution < -0.4 is 10.6 Å². The van der Waals surface area contributed by atoms with Crippen molar-refractivity contribution in [3.8, 4) is 0 Å². The van der Waals surface area contributed by atoms with E-state index < -0.39 is 0 Å². The second-order valence-electron chi connectivity index (χ2n) is 3.63. The Bertz CT molecular complexity index is 303. The fraction of sp³-hybridized carbons (Fsp3) is 0.600. The van der Waals surface area contributed by atoms with Crippen molar-refractivity contribution in [1.29, 1.82) is 0 Å². The lowest BCUT2D eigenvalue weighted by Gasteiger charge is -2.27. The molecule has 0 radical (unpaired) electrons. The molecule has 0 fully saturated rings. The van der Waals surface area contributed by atoms with Crippen LogP contribution in [0.25, 0.3) is 0 Å². The van der Waals surface area contributed by atoms with Gasteiger partial charge in [0.1, 0.15) is 0 Å². The summed E-state index contributed by atoms with van der Waals surface area (Å²) in [5, 5.41) is 8.82. The van der Waals surface area contributed by atoms with Crippen molar-refractivity contribution in [2.45, 2.75) is 26.3 Å². The molecule has 1 heterocycles. The molecule has 0 aliphatic carbocycles. The van der Waals surface area contributed by atoms with Crippen molar-refractivity contribution in [3.05, 3.63) is 12.4 Å². The molecule has 0 atom stereocenters. The SMILES string of the molecule is CC(C)N(CCCO)c1nccnc1N. The molecule has 5 heteroatoms. The van der Waals surface area contributed by atoms with Gasteiger partial charge in [0.2, 0.25) is 0 Å². The van der Waals surface area contributed by atoms with Gasteiger partial charge in [-0.1, -0.05) is 0 Å². The molecule has 15 heavy (non-hydrogen) atoms. The van der Waals surface area contributed by atoms with E-state index in [1.807, 2.05) is 4.90 Å². The minimum absolute atomic E-state index is 0.170. The molecule has 84 valence electrons. The summed E-state index contributed by atoms with van der Waals surface area (Å²) in [7, 11) is 0. The minimum Gasteiger partial charge on any atom is -0.396 e. The lowest BCUT2D eigenvalue weighted by molar-refractivity contribution is 0.288. The molecule has 0 bridgehead atoms. The molecule has 5 nitrogen and oxygen atoms in total. The zero-order chi connectivity index (χ0) is 11.3. The highest BCUT2D eigenvalue weighted by Gasteiger charge is 2.14. The van der Waals surface area contributed by atoms with Gasteiger partial charge in [-0.25, -0.2) is 9.97 Å². The predicted molar refractivity (Wildman–Crippen MR) is 60.6 cm³/mol. The van der Waals surface area contributed by atoms with Gasteiger partial charge in [-0.15, -0.1) is 0 Å². The average molecular weight is 210 g/mol. The Balaban J connectivity index is 2.84. The molecule has 1 rings (SSSR count). The van der Waals surface area contributed by atoms with Crippen molar-refractivity contribution >= 4 is 11.6 Å². The van der Waals surface area contributed by atoms with Crippen molar-refractivity contribution < 1.29 is 5.11 Å². The number of nitrogens with two attached hydrogens (primary N) is 1. The van der Waals surface area contributed by atoms with E-state index in [1.54, 1.807) is 12.4 Å². The van der Waals surface area contributed by atoms with Crippen LogP contribution in [0.3, 0.4) is 0 Å². The monoisotopic (exact) mass is 210 g/mol. The van der Waals surface area contributed by atoms with E-state index in [0.717, 1.165) is 6.54 Å². The molecule has 0 saturated heterocycles. The lowest BCUT2D eigenvalue weighted by atomic mass is 10.3. The van der Waals surface area contributed by atoms with Gasteiger partial charge in [0, 0.05) is 31.6 Å². The van der Waals surface area contributed by atoms with Crippen LogP contribution >= 0.6 is 0 Å². The van der Waals surface area contributed by atoms with Gasteiger partial charge in [0.05, 0.1) is 0 Å². The third-order valence-electron chi connectivity index (χ3n) is 2.16. The Morgan fingerprint density at radius 1 is 1.40 bits per heavy atom. The number of anilines is 2. The molecule has 1 aromatic heterocycles. The predicted octanol–water partition coefficient (Wildman–Crippen LogP) is 0.656. The highest BCUT2D eigenvalue weighted by Crippen LogP contribution is 2.19. The first kappa shape index (κ1) is 11.7. The Morgan fingerprint density at radius 3 is 2.60 bits per heavy atom. The molecule has 0 spiro atoms. The Labute approximate surface area is 90.0 Å². The number of hydrogen-bond donors (Lipinski definition) is 2. The number of rotatable bonds is 5. The Morgan fingerprint density at radius 2 is 2.07 bits per heavy atom. The van der Waals surface area contributed by atoms with Gasteiger partial charge < -0.3 is 15.7 Å². The van der Waals surface area contributed by atoms with Crippen LogP contribution in [0.4, 0.5) is 11.6 Å². The smallest absolute Gasteiger partial charge is 0.171 e. The fourth-order valence-corrected chi connectivity index (χ4v) is 1.41. The molecule has 0 unspecified atom stereocenters. The maximum atomic E-state index is 8.82. The minimum atomic E-state index is 0.170. The summed E-state index contributed by atoms with van der Waals surface area (Å²) in [6, 6.07) is 0.288. The van der Waals surface area contributed by atoms with Gasteiger partial charge in [-0.2, -0.15) is 0 Å². The molecule has 0 amide bonds. The molecule has 1 aromatic rings. The van der Waals surface area contributed by atoms with Crippen molar-refractivity contribution in [3.63, 3.8) is 0 Å². The number of nitrogens with zero attached hydrogens (tertiary/aromatic N) is 3. The van der Waals surface area contributed by atoms with Gasteiger partial charge in [0.15, 0.2) is 11.6 Å². The number of nitrogen functional groups attached to an aromatic ring is 1. The quantitative estimate of drug-likeness (QED) is 0.746. The Kier molecular flexibility index (Phi) is 4.30. The number of aromatic nitrogens is 2. The second-order valence-corrected chi connectivity index (χ2v) is 3.63. The van der Waals surface area contributed by atoms with E-state index in [-0.39, 0.29) is 12.6 Å². The third kappa shape index (κ3) is 3.06. The van der Waals surface area contributed by atoms with Crippen LogP contribution in [0.2, 0.25) is 0 Å². The highest BCUT2D eigenvalue weighted by molar-refractivity contribution is 5.57. The summed E-state index contributed by atoms with van der Waals surface area (Å²) >= 11 is 0. The first-order valence-electron chi connectivity index (χ1n) is 5.10. The third-order valence-corrected chi connectivity index (χ3v) is 2.16. The summed E-state index contributed by atoms with van der Waals surface area (Å²) in [5.74, 6) is 1.13. The van der Waals surface area contributed by atoms with Crippen molar-refractivity contribution in [1.82, 2.24) is 9.97 Å². The number of hydrogen-bond acceptors (Lipinski definition) is 5. The number of aliphatic hydroxyl groups is 1. The van der Waals surface area contributed by atoms with Crippen molar-refractivity contribution in [2.75, 3.05) is 23.8 Å². The molecular weight excluding hydrogens is 192 g/mol. The Hall–Kier alpha value is -1.36. The van der Waals surface area contributed by atoms with Gasteiger partial charge >= 0.3 is 0 Å². The maximum absolute atomic E-state index is 8.82. The molecule has 0 aromatic carbocycles. The standard InChI is InChI=1S/C10H18N4O/c1-8(2)14(6-3-7-15)10-9(11)12-4-5-13-10/h4-5,8,15H,3,6-7H2,1-2H3,(H2,11,12). The van der Waals surface area contributed by atoms with E-state index in [4.69, 9.17) is 10.8 Å². The largest absolute Gasteiger partial charge is 0.396 e. The van der Waals surface area contributed by atoms with E-state index in [1.165, 1.54) is 0 Å². The summed E-state index contributed by atoms with van der Waals surface area (Å²) < 4.78 is 0.